The lowest BCUT2D eigenvalue weighted by Crippen LogP contribution is -2.44. The lowest BCUT2D eigenvalue weighted by atomic mass is 9.81. The third-order valence-corrected chi connectivity index (χ3v) is 7.74. The van der Waals surface area contributed by atoms with E-state index in [1.54, 1.807) is 25.7 Å². The Morgan fingerprint density at radius 1 is 1.00 bits per heavy atom. The number of benzene rings is 1. The van der Waals surface area contributed by atoms with Crippen LogP contribution in [-0.2, 0) is 4.74 Å². The maximum Gasteiger partial charge on any atom is 0.259 e. The summed E-state index contributed by atoms with van der Waals surface area (Å²) in [6.45, 7) is 3.85. The van der Waals surface area contributed by atoms with E-state index >= 15 is 0 Å². The fraction of sp³-hybridized carbons (Fsp3) is 0.379. The Bertz CT molecular complexity index is 1460. The number of aromatic amines is 1. The molecule has 9 heteroatoms. The number of nitrogens with one attached hydrogen (secondary N) is 2. The van der Waals surface area contributed by atoms with Gasteiger partial charge in [-0.3, -0.25) is 14.7 Å². The molecular weight excluding hydrogens is 480 g/mol. The van der Waals surface area contributed by atoms with Gasteiger partial charge < -0.3 is 19.8 Å². The zero-order chi connectivity index (χ0) is 25.9. The highest BCUT2D eigenvalue weighted by atomic mass is 16.5. The van der Waals surface area contributed by atoms with Crippen LogP contribution in [-0.4, -0.2) is 64.3 Å². The molecule has 0 bridgehead atoms. The Morgan fingerprint density at radius 2 is 1.79 bits per heavy atom. The molecule has 0 atom stereocenters. The molecule has 38 heavy (non-hydrogen) atoms. The van der Waals surface area contributed by atoms with Gasteiger partial charge in [0.15, 0.2) is 0 Å². The number of methoxy groups -OCH3 is 1. The Hall–Kier alpha value is -3.82. The quantitative estimate of drug-likeness (QED) is 0.389. The number of aromatic nitrogens is 4. The fourth-order valence-corrected chi connectivity index (χ4v) is 5.70. The molecule has 1 aliphatic heterocycles. The van der Waals surface area contributed by atoms with E-state index in [4.69, 9.17) is 14.5 Å². The highest BCUT2D eigenvalue weighted by molar-refractivity contribution is 5.94. The first-order chi connectivity index (χ1) is 18.7. The number of nitrogens with zero attached hydrogens (tertiary/aromatic N) is 4. The Morgan fingerprint density at radius 3 is 2.55 bits per heavy atom. The molecule has 1 aromatic carbocycles. The summed E-state index contributed by atoms with van der Waals surface area (Å²) >= 11 is 0. The lowest BCUT2D eigenvalue weighted by molar-refractivity contribution is 0.00730. The van der Waals surface area contributed by atoms with Crippen LogP contribution in [0.25, 0.3) is 22.2 Å². The van der Waals surface area contributed by atoms with Crippen molar-refractivity contribution in [1.82, 2.24) is 24.8 Å². The number of ether oxygens (including phenoxy) is 2. The average Bonchev–Trinajstić information content (AvgIpc) is 2.98. The molecule has 2 N–H and O–H groups in total. The number of anilines is 2. The van der Waals surface area contributed by atoms with Crippen LogP contribution in [0.3, 0.4) is 0 Å². The summed E-state index contributed by atoms with van der Waals surface area (Å²) in [6.07, 6.45) is 9.71. The van der Waals surface area contributed by atoms with Crippen LogP contribution in [0.5, 0.6) is 5.88 Å². The maximum atomic E-state index is 12.7. The first-order valence-corrected chi connectivity index (χ1v) is 13.3. The van der Waals surface area contributed by atoms with Crippen LogP contribution in [0, 0.1) is 0 Å². The minimum atomic E-state index is -0.200. The molecule has 0 spiro atoms. The molecule has 2 fully saturated rings. The van der Waals surface area contributed by atoms with Crippen molar-refractivity contribution in [1.29, 1.82) is 0 Å². The van der Waals surface area contributed by atoms with Crippen molar-refractivity contribution in [2.75, 3.05) is 38.7 Å². The van der Waals surface area contributed by atoms with Gasteiger partial charge in [-0.15, -0.1) is 0 Å². The van der Waals surface area contributed by atoms with Crippen molar-refractivity contribution in [2.24, 2.45) is 0 Å². The third kappa shape index (κ3) is 5.12. The maximum absolute atomic E-state index is 12.7. The number of rotatable bonds is 6. The molecule has 1 saturated carbocycles. The number of hydrogen-bond acceptors (Lipinski definition) is 8. The van der Waals surface area contributed by atoms with E-state index in [2.05, 4.69) is 49.4 Å². The zero-order valence-corrected chi connectivity index (χ0v) is 21.5. The molecule has 1 aliphatic carbocycles. The zero-order valence-electron chi connectivity index (χ0n) is 21.5. The summed E-state index contributed by atoms with van der Waals surface area (Å²) in [7, 11) is 1.55. The van der Waals surface area contributed by atoms with Gasteiger partial charge in [-0.05, 0) is 66.8 Å². The predicted molar refractivity (Wildman–Crippen MR) is 147 cm³/mol. The van der Waals surface area contributed by atoms with Gasteiger partial charge in [0.25, 0.3) is 5.56 Å². The van der Waals surface area contributed by atoms with Crippen molar-refractivity contribution < 1.29 is 9.47 Å². The fourth-order valence-electron chi connectivity index (χ4n) is 5.70. The Balaban J connectivity index is 1.22. The molecule has 9 nitrogen and oxygen atoms in total. The molecule has 4 aromatic rings. The van der Waals surface area contributed by atoms with E-state index < -0.39 is 0 Å². The van der Waals surface area contributed by atoms with E-state index in [1.807, 2.05) is 12.1 Å². The first-order valence-electron chi connectivity index (χ1n) is 13.3. The summed E-state index contributed by atoms with van der Waals surface area (Å²) in [5.74, 6) is 1.46. The lowest BCUT2D eigenvalue weighted by Gasteiger charge is -2.38. The summed E-state index contributed by atoms with van der Waals surface area (Å²) in [5, 5.41) is 4.64. The molecule has 0 amide bonds. The van der Waals surface area contributed by atoms with E-state index in [1.165, 1.54) is 31.2 Å². The number of morpholine rings is 1. The van der Waals surface area contributed by atoms with Crippen molar-refractivity contribution in [2.45, 2.75) is 37.6 Å². The standard InChI is InChI=1S/C29H32N6O3/c1-37-26-18-30-17-25(33-26)24-16-21-10-11-31-29(36)27(21)28(34-24)32-22-6-2-19(3-7-22)20-4-8-23(9-5-20)35-12-14-38-15-13-35/h2-3,6-7,10-11,16-18,20,23H,4-5,8-9,12-15H2,1H3,(H,31,36)(H,32,34)/t20-,23+. The van der Waals surface area contributed by atoms with Crippen LogP contribution in [0.4, 0.5) is 11.5 Å². The highest BCUT2D eigenvalue weighted by Gasteiger charge is 2.27. The monoisotopic (exact) mass is 512 g/mol. The molecule has 1 saturated heterocycles. The second-order valence-electron chi connectivity index (χ2n) is 9.97. The van der Waals surface area contributed by atoms with Crippen LogP contribution in [0.15, 0.2) is 59.8 Å². The molecule has 6 rings (SSSR count). The summed E-state index contributed by atoms with van der Waals surface area (Å²) in [4.78, 5) is 31.6. The van der Waals surface area contributed by atoms with Gasteiger partial charge in [-0.2, -0.15) is 0 Å². The smallest absolute Gasteiger partial charge is 0.259 e. The minimum absolute atomic E-state index is 0.200. The van der Waals surface area contributed by atoms with Crippen LogP contribution >= 0.6 is 0 Å². The first kappa shape index (κ1) is 24.5. The van der Waals surface area contributed by atoms with Crippen LogP contribution in [0.2, 0.25) is 0 Å². The van der Waals surface area contributed by atoms with Gasteiger partial charge in [-0.1, -0.05) is 12.1 Å². The van der Waals surface area contributed by atoms with E-state index in [-0.39, 0.29) is 5.56 Å². The Labute approximate surface area is 221 Å². The Kier molecular flexibility index (Phi) is 7.02. The molecule has 2 aliphatic rings. The largest absolute Gasteiger partial charge is 0.480 e. The predicted octanol–water partition coefficient (Wildman–Crippen LogP) is 4.49. The van der Waals surface area contributed by atoms with Gasteiger partial charge in [0.05, 0.1) is 43.8 Å². The van der Waals surface area contributed by atoms with Crippen molar-refractivity contribution in [3.63, 3.8) is 0 Å². The topological polar surface area (TPSA) is 105 Å². The van der Waals surface area contributed by atoms with Gasteiger partial charge >= 0.3 is 0 Å². The van der Waals surface area contributed by atoms with E-state index in [0.717, 1.165) is 37.4 Å². The molecular formula is C29H32N6O3. The van der Waals surface area contributed by atoms with Gasteiger partial charge in [0, 0.05) is 31.0 Å². The van der Waals surface area contributed by atoms with E-state index in [9.17, 15) is 4.79 Å². The average molecular weight is 513 g/mol. The number of fused-ring (bicyclic) bond motifs is 1. The third-order valence-electron chi connectivity index (χ3n) is 7.74. The molecule has 0 radical (unpaired) electrons. The molecule has 196 valence electrons. The van der Waals surface area contributed by atoms with Crippen molar-refractivity contribution in [3.05, 3.63) is 70.9 Å². The molecule has 3 aromatic heterocycles. The van der Waals surface area contributed by atoms with Gasteiger partial charge in [0.1, 0.15) is 11.5 Å². The van der Waals surface area contributed by atoms with Crippen LogP contribution in [0.1, 0.15) is 37.2 Å². The minimum Gasteiger partial charge on any atom is -0.480 e. The molecule has 0 unspecified atom stereocenters. The van der Waals surface area contributed by atoms with Gasteiger partial charge in [-0.25, -0.2) is 9.97 Å². The number of hydrogen-bond donors (Lipinski definition) is 2. The normalized spacial score (nSPS) is 20.3. The summed E-state index contributed by atoms with van der Waals surface area (Å²) in [5.41, 5.74) is 3.21. The van der Waals surface area contributed by atoms with Crippen molar-refractivity contribution in [3.8, 4) is 17.3 Å². The summed E-state index contributed by atoms with van der Waals surface area (Å²) < 4.78 is 10.7. The number of H-pyrrole nitrogens is 1. The van der Waals surface area contributed by atoms with Crippen molar-refractivity contribution >= 4 is 22.3 Å². The SMILES string of the molecule is COc1cncc(-c2cc3cc[nH]c(=O)c3c(Nc3ccc([C@H]4CC[C@@H](N5CCOCC5)CC4)cc3)n2)n1. The second kappa shape index (κ2) is 10.9. The second-order valence-corrected chi connectivity index (χ2v) is 9.97. The number of pyridine rings is 2. The van der Waals surface area contributed by atoms with Crippen LogP contribution < -0.4 is 15.6 Å². The summed E-state index contributed by atoms with van der Waals surface area (Å²) in [6, 6.07) is 12.9. The highest BCUT2D eigenvalue weighted by Crippen LogP contribution is 2.36. The van der Waals surface area contributed by atoms with E-state index in [0.29, 0.717) is 40.4 Å². The van der Waals surface area contributed by atoms with Gasteiger partial charge in [0.2, 0.25) is 5.88 Å². The molecule has 4 heterocycles.